The Hall–Kier alpha value is -2.46. The lowest BCUT2D eigenvalue weighted by Gasteiger charge is -1.96. The van der Waals surface area contributed by atoms with Gasteiger partial charge in [0, 0.05) is 11.6 Å². The predicted molar refractivity (Wildman–Crippen MR) is 53.1 cm³/mol. The molecule has 2 aromatic rings. The smallest absolute Gasteiger partial charge is 0.416 e. The SMILES string of the molecule is O=C=Nc1cn(C(=O)O)c2cc(F)ccc12. The third-order valence-electron chi connectivity index (χ3n) is 2.12. The maximum Gasteiger partial charge on any atom is 0.416 e. The van der Waals surface area contributed by atoms with Crippen molar-refractivity contribution in [3.63, 3.8) is 0 Å². The highest BCUT2D eigenvalue weighted by Crippen LogP contribution is 2.28. The average Bonchev–Trinajstić information content (AvgIpc) is 2.57. The molecule has 0 spiro atoms. The molecule has 1 aromatic carbocycles. The van der Waals surface area contributed by atoms with E-state index in [2.05, 4.69) is 4.99 Å². The number of nitrogens with zero attached hydrogens (tertiary/aromatic N) is 2. The first-order valence-corrected chi connectivity index (χ1v) is 4.25. The largest absolute Gasteiger partial charge is 0.464 e. The van der Waals surface area contributed by atoms with Crippen LogP contribution < -0.4 is 0 Å². The topological polar surface area (TPSA) is 71.7 Å². The van der Waals surface area contributed by atoms with E-state index in [1.807, 2.05) is 0 Å². The first kappa shape index (κ1) is 10.1. The standard InChI is InChI=1S/C10H5FN2O3/c11-6-1-2-7-8(12-5-14)4-13(10(15)16)9(7)3-6/h1-4H,(H,15,16). The minimum atomic E-state index is -1.28. The van der Waals surface area contributed by atoms with Crippen molar-refractivity contribution in [1.29, 1.82) is 0 Å². The number of halogens is 1. The van der Waals surface area contributed by atoms with Gasteiger partial charge in [-0.1, -0.05) is 0 Å². The predicted octanol–water partition coefficient (Wildman–Crippen LogP) is 2.27. The highest BCUT2D eigenvalue weighted by Gasteiger charge is 2.12. The Morgan fingerprint density at radius 3 is 2.88 bits per heavy atom. The first-order valence-electron chi connectivity index (χ1n) is 4.25. The van der Waals surface area contributed by atoms with Crippen LogP contribution in [0.2, 0.25) is 0 Å². The fraction of sp³-hybridized carbons (Fsp3) is 0. The van der Waals surface area contributed by atoms with Gasteiger partial charge < -0.3 is 5.11 Å². The van der Waals surface area contributed by atoms with E-state index in [4.69, 9.17) is 5.11 Å². The molecule has 5 nitrogen and oxygen atoms in total. The molecule has 1 N–H and O–H groups in total. The number of carbonyl (C=O) groups is 1. The summed E-state index contributed by atoms with van der Waals surface area (Å²) in [6, 6.07) is 3.59. The van der Waals surface area contributed by atoms with E-state index in [0.717, 1.165) is 16.8 Å². The van der Waals surface area contributed by atoms with E-state index in [-0.39, 0.29) is 11.2 Å². The zero-order chi connectivity index (χ0) is 11.7. The van der Waals surface area contributed by atoms with Crippen LogP contribution in [0.1, 0.15) is 0 Å². The number of hydrogen-bond donors (Lipinski definition) is 1. The number of carbonyl (C=O) groups excluding carboxylic acids is 1. The van der Waals surface area contributed by atoms with E-state index in [9.17, 15) is 14.0 Å². The number of fused-ring (bicyclic) bond motifs is 1. The summed E-state index contributed by atoms with van der Waals surface area (Å²) in [5.41, 5.74) is 0.286. The van der Waals surface area contributed by atoms with E-state index < -0.39 is 11.9 Å². The molecular weight excluding hydrogens is 215 g/mol. The van der Waals surface area contributed by atoms with Crippen molar-refractivity contribution in [3.8, 4) is 0 Å². The minimum Gasteiger partial charge on any atom is -0.464 e. The highest BCUT2D eigenvalue weighted by molar-refractivity contribution is 5.97. The molecule has 0 radical (unpaired) electrons. The van der Waals surface area contributed by atoms with E-state index >= 15 is 0 Å². The van der Waals surface area contributed by atoms with Crippen LogP contribution in [0.3, 0.4) is 0 Å². The van der Waals surface area contributed by atoms with E-state index in [1.54, 1.807) is 0 Å². The van der Waals surface area contributed by atoms with Gasteiger partial charge in [-0.15, -0.1) is 0 Å². The second kappa shape index (κ2) is 3.60. The Labute approximate surface area is 88.4 Å². The number of rotatable bonds is 1. The van der Waals surface area contributed by atoms with Gasteiger partial charge in [0.05, 0.1) is 5.52 Å². The van der Waals surface area contributed by atoms with Crippen LogP contribution in [0, 0.1) is 5.82 Å². The highest BCUT2D eigenvalue weighted by atomic mass is 19.1. The van der Waals surface area contributed by atoms with Crippen molar-refractivity contribution in [2.45, 2.75) is 0 Å². The minimum absolute atomic E-state index is 0.140. The van der Waals surface area contributed by atoms with E-state index in [0.29, 0.717) is 5.39 Å². The molecule has 0 aliphatic carbocycles. The molecule has 16 heavy (non-hydrogen) atoms. The van der Waals surface area contributed by atoms with Gasteiger partial charge in [0.1, 0.15) is 11.5 Å². The summed E-state index contributed by atoms with van der Waals surface area (Å²) in [7, 11) is 0. The fourth-order valence-electron chi connectivity index (χ4n) is 1.48. The zero-order valence-electron chi connectivity index (χ0n) is 7.85. The number of isocyanates is 1. The van der Waals surface area contributed by atoms with Gasteiger partial charge in [0.25, 0.3) is 0 Å². The van der Waals surface area contributed by atoms with Gasteiger partial charge in [-0.25, -0.2) is 14.0 Å². The molecule has 0 aliphatic heterocycles. The molecule has 0 unspecified atom stereocenters. The lowest BCUT2D eigenvalue weighted by Crippen LogP contribution is -2.05. The fourth-order valence-corrected chi connectivity index (χ4v) is 1.48. The van der Waals surface area contributed by atoms with Crippen molar-refractivity contribution in [2.24, 2.45) is 4.99 Å². The summed E-state index contributed by atoms with van der Waals surface area (Å²) < 4.78 is 13.8. The van der Waals surface area contributed by atoms with Crippen LogP contribution in [-0.4, -0.2) is 21.8 Å². The summed E-state index contributed by atoms with van der Waals surface area (Å²) >= 11 is 0. The Morgan fingerprint density at radius 2 is 2.25 bits per heavy atom. The van der Waals surface area contributed by atoms with Crippen molar-refractivity contribution < 1.29 is 19.1 Å². The normalized spacial score (nSPS) is 10.1. The molecule has 80 valence electrons. The number of aliphatic imine (C=N–C) groups is 1. The second-order valence-corrected chi connectivity index (χ2v) is 3.03. The third-order valence-corrected chi connectivity index (χ3v) is 2.12. The van der Waals surface area contributed by atoms with Gasteiger partial charge >= 0.3 is 6.09 Å². The average molecular weight is 220 g/mol. The summed E-state index contributed by atoms with van der Waals surface area (Å²) in [6.45, 7) is 0. The summed E-state index contributed by atoms with van der Waals surface area (Å²) in [5.74, 6) is -0.560. The van der Waals surface area contributed by atoms with Crippen LogP contribution >= 0.6 is 0 Å². The van der Waals surface area contributed by atoms with Crippen LogP contribution in [-0.2, 0) is 4.79 Å². The molecule has 0 saturated heterocycles. The lowest BCUT2D eigenvalue weighted by molar-refractivity contribution is 0.197. The van der Waals surface area contributed by atoms with Crippen LogP contribution in [0.15, 0.2) is 29.4 Å². The van der Waals surface area contributed by atoms with Crippen molar-refractivity contribution in [1.82, 2.24) is 4.57 Å². The Kier molecular flexibility index (Phi) is 2.27. The number of carboxylic acid groups (broad SMARTS) is 1. The Balaban J connectivity index is 2.86. The summed E-state index contributed by atoms with van der Waals surface area (Å²) in [5, 5.41) is 9.24. The zero-order valence-corrected chi connectivity index (χ0v) is 7.85. The maximum atomic E-state index is 13.0. The molecular formula is C10H5FN2O3. The first-order chi connectivity index (χ1) is 7.63. The van der Waals surface area contributed by atoms with Gasteiger partial charge in [-0.3, -0.25) is 4.57 Å². The second-order valence-electron chi connectivity index (χ2n) is 3.03. The van der Waals surface area contributed by atoms with Gasteiger partial charge in [-0.2, -0.15) is 4.99 Å². The molecule has 1 heterocycles. The molecule has 0 fully saturated rings. The summed E-state index contributed by atoms with van der Waals surface area (Å²) in [4.78, 5) is 24.3. The molecule has 2 rings (SSSR count). The molecule has 6 heteroatoms. The Bertz CT molecular complexity index is 626. The monoisotopic (exact) mass is 220 g/mol. The molecule has 0 amide bonds. The quantitative estimate of drug-likeness (QED) is 0.591. The number of benzene rings is 1. The van der Waals surface area contributed by atoms with Gasteiger partial charge in [0.2, 0.25) is 6.08 Å². The van der Waals surface area contributed by atoms with Gasteiger partial charge in [0.15, 0.2) is 0 Å². The molecule has 0 saturated carbocycles. The van der Waals surface area contributed by atoms with Crippen LogP contribution in [0.4, 0.5) is 14.9 Å². The summed E-state index contributed by atoms with van der Waals surface area (Å²) in [6.07, 6.45) is 1.18. The molecule has 0 atom stereocenters. The molecule has 0 bridgehead atoms. The number of aromatic nitrogens is 1. The van der Waals surface area contributed by atoms with Crippen LogP contribution in [0.25, 0.3) is 10.9 Å². The molecule has 1 aromatic heterocycles. The van der Waals surface area contributed by atoms with Gasteiger partial charge in [-0.05, 0) is 18.2 Å². The van der Waals surface area contributed by atoms with Crippen molar-refractivity contribution in [2.75, 3.05) is 0 Å². The third kappa shape index (κ3) is 1.47. The molecule has 0 aliphatic rings. The maximum absolute atomic E-state index is 13.0. The Morgan fingerprint density at radius 1 is 1.50 bits per heavy atom. The van der Waals surface area contributed by atoms with Crippen molar-refractivity contribution in [3.05, 3.63) is 30.2 Å². The van der Waals surface area contributed by atoms with Crippen molar-refractivity contribution >= 4 is 28.8 Å². The number of hydrogen-bond acceptors (Lipinski definition) is 3. The van der Waals surface area contributed by atoms with E-state index in [1.165, 1.54) is 18.2 Å². The lowest BCUT2D eigenvalue weighted by atomic mass is 10.2. The van der Waals surface area contributed by atoms with Crippen LogP contribution in [0.5, 0.6) is 0 Å².